The van der Waals surface area contributed by atoms with Crippen LogP contribution >= 0.6 is 0 Å². The quantitative estimate of drug-likeness (QED) is 0.896. The van der Waals surface area contributed by atoms with Crippen LogP contribution in [-0.4, -0.2) is 46.9 Å². The van der Waals surface area contributed by atoms with Gasteiger partial charge in [-0.1, -0.05) is 22.9 Å². The van der Waals surface area contributed by atoms with Gasteiger partial charge >= 0.3 is 0 Å². The molecule has 1 N–H and O–H groups in total. The third kappa shape index (κ3) is 3.26. The minimum atomic E-state index is -3.03. The van der Waals surface area contributed by atoms with E-state index in [4.69, 9.17) is 0 Å². The van der Waals surface area contributed by atoms with Crippen molar-refractivity contribution in [1.82, 2.24) is 20.3 Å². The number of sulfone groups is 1. The molecule has 0 saturated carbocycles. The van der Waals surface area contributed by atoms with Crippen molar-refractivity contribution in [3.8, 4) is 5.69 Å². The highest BCUT2D eigenvalue weighted by Gasteiger charge is 2.30. The van der Waals surface area contributed by atoms with E-state index in [1.807, 2.05) is 31.2 Å². The Hall–Kier alpha value is -2.22. The van der Waals surface area contributed by atoms with Gasteiger partial charge in [-0.2, -0.15) is 0 Å². The number of nitrogens with zero attached hydrogens (tertiary/aromatic N) is 3. The van der Waals surface area contributed by atoms with E-state index in [0.717, 1.165) is 11.3 Å². The van der Waals surface area contributed by atoms with E-state index in [-0.39, 0.29) is 29.1 Å². The summed E-state index contributed by atoms with van der Waals surface area (Å²) in [6.07, 6.45) is 0.444. The fraction of sp³-hybridized carbons (Fsp3) is 0.400. The first kappa shape index (κ1) is 15.7. The van der Waals surface area contributed by atoms with Crippen molar-refractivity contribution in [2.45, 2.75) is 26.3 Å². The molecule has 0 radical (unpaired) electrons. The van der Waals surface area contributed by atoms with E-state index in [9.17, 15) is 13.2 Å². The van der Waals surface area contributed by atoms with Crippen molar-refractivity contribution in [3.63, 3.8) is 0 Å². The summed E-state index contributed by atoms with van der Waals surface area (Å²) in [6, 6.07) is 7.38. The molecule has 0 unspecified atom stereocenters. The zero-order valence-corrected chi connectivity index (χ0v) is 13.8. The number of rotatable bonds is 3. The van der Waals surface area contributed by atoms with E-state index in [2.05, 4.69) is 15.6 Å². The van der Waals surface area contributed by atoms with Gasteiger partial charge in [0.15, 0.2) is 15.5 Å². The molecule has 122 valence electrons. The molecule has 3 rings (SSSR count). The van der Waals surface area contributed by atoms with E-state index < -0.39 is 9.84 Å². The highest BCUT2D eigenvalue weighted by molar-refractivity contribution is 7.91. The van der Waals surface area contributed by atoms with Crippen molar-refractivity contribution < 1.29 is 13.2 Å². The van der Waals surface area contributed by atoms with Crippen LogP contribution in [0.15, 0.2) is 24.3 Å². The first-order valence-corrected chi connectivity index (χ1v) is 9.18. The summed E-state index contributed by atoms with van der Waals surface area (Å²) < 4.78 is 24.5. The van der Waals surface area contributed by atoms with Crippen molar-refractivity contribution in [3.05, 3.63) is 41.2 Å². The van der Waals surface area contributed by atoms with Gasteiger partial charge in [-0.25, -0.2) is 13.1 Å². The van der Waals surface area contributed by atoms with Crippen LogP contribution < -0.4 is 5.32 Å². The largest absolute Gasteiger partial charge is 0.347 e. The highest BCUT2D eigenvalue weighted by Crippen LogP contribution is 2.15. The standard InChI is InChI=1S/C15H18N4O3S/c1-10-3-5-13(6-4-10)19-11(2)14(17-18-19)15(20)16-12-7-8-23(21,22)9-12/h3-6,12H,7-9H2,1-2H3,(H,16,20)/t12-/m0/s1. The maximum Gasteiger partial charge on any atom is 0.274 e. The molecule has 23 heavy (non-hydrogen) atoms. The number of nitrogens with one attached hydrogen (secondary N) is 1. The lowest BCUT2D eigenvalue weighted by molar-refractivity contribution is 0.0935. The lowest BCUT2D eigenvalue weighted by atomic mass is 10.2. The summed E-state index contributed by atoms with van der Waals surface area (Å²) in [5.41, 5.74) is 2.79. The van der Waals surface area contributed by atoms with Gasteiger partial charge < -0.3 is 5.32 Å². The smallest absolute Gasteiger partial charge is 0.274 e. The van der Waals surface area contributed by atoms with Crippen LogP contribution in [-0.2, 0) is 9.84 Å². The topological polar surface area (TPSA) is 93.9 Å². The lowest BCUT2D eigenvalue weighted by Crippen LogP contribution is -2.36. The molecule has 1 aliphatic heterocycles. The first-order chi connectivity index (χ1) is 10.9. The van der Waals surface area contributed by atoms with Gasteiger partial charge in [0.1, 0.15) is 0 Å². The molecule has 2 heterocycles. The van der Waals surface area contributed by atoms with Crippen LogP contribution in [0.2, 0.25) is 0 Å². The van der Waals surface area contributed by atoms with Gasteiger partial charge in [0.2, 0.25) is 0 Å². The normalized spacial score (nSPS) is 19.7. The molecule has 1 atom stereocenters. The Morgan fingerprint density at radius 1 is 1.26 bits per heavy atom. The maximum absolute atomic E-state index is 12.3. The number of hydrogen-bond donors (Lipinski definition) is 1. The second-order valence-corrected chi connectivity index (χ2v) is 8.07. The Labute approximate surface area is 134 Å². The fourth-order valence-electron chi connectivity index (χ4n) is 2.63. The highest BCUT2D eigenvalue weighted by atomic mass is 32.2. The van der Waals surface area contributed by atoms with Crippen molar-refractivity contribution in [2.75, 3.05) is 11.5 Å². The Balaban J connectivity index is 1.79. The molecule has 2 aromatic rings. The van der Waals surface area contributed by atoms with Gasteiger partial charge in [-0.15, -0.1) is 5.10 Å². The fourth-order valence-corrected chi connectivity index (χ4v) is 4.31. The predicted octanol–water partition coefficient (Wildman–Crippen LogP) is 0.801. The molecule has 8 heteroatoms. The minimum Gasteiger partial charge on any atom is -0.347 e. The number of benzene rings is 1. The zero-order chi connectivity index (χ0) is 16.6. The van der Waals surface area contributed by atoms with Gasteiger partial charge in [-0.05, 0) is 32.4 Å². The van der Waals surface area contributed by atoms with Crippen molar-refractivity contribution in [2.24, 2.45) is 0 Å². The Morgan fingerprint density at radius 3 is 2.57 bits per heavy atom. The molecule has 1 amide bonds. The number of carbonyl (C=O) groups is 1. The average molecular weight is 334 g/mol. The summed E-state index contributed by atoms with van der Waals surface area (Å²) in [4.78, 5) is 12.3. The van der Waals surface area contributed by atoms with E-state index >= 15 is 0 Å². The Bertz CT molecular complexity index is 840. The van der Waals surface area contributed by atoms with E-state index in [1.54, 1.807) is 11.6 Å². The third-order valence-electron chi connectivity index (χ3n) is 3.96. The Kier molecular flexibility index (Phi) is 3.93. The van der Waals surface area contributed by atoms with Crippen LogP contribution in [0, 0.1) is 13.8 Å². The van der Waals surface area contributed by atoms with Crippen molar-refractivity contribution in [1.29, 1.82) is 0 Å². The molecule has 1 aliphatic rings. The molecule has 0 spiro atoms. The van der Waals surface area contributed by atoms with Gasteiger partial charge in [-0.3, -0.25) is 4.79 Å². The Morgan fingerprint density at radius 2 is 1.96 bits per heavy atom. The second-order valence-electron chi connectivity index (χ2n) is 5.84. The van der Waals surface area contributed by atoms with E-state index in [0.29, 0.717) is 12.1 Å². The molecule has 1 aromatic heterocycles. The summed E-state index contributed by atoms with van der Waals surface area (Å²) in [5, 5.41) is 10.7. The predicted molar refractivity (Wildman–Crippen MR) is 85.4 cm³/mol. The van der Waals surface area contributed by atoms with Crippen LogP contribution in [0.3, 0.4) is 0 Å². The summed E-state index contributed by atoms with van der Waals surface area (Å²) in [5.74, 6) is -0.278. The summed E-state index contributed by atoms with van der Waals surface area (Å²) in [6.45, 7) is 3.76. The second kappa shape index (κ2) is 5.77. The van der Waals surface area contributed by atoms with Gasteiger partial charge in [0, 0.05) is 6.04 Å². The van der Waals surface area contributed by atoms with Gasteiger partial charge in [0.25, 0.3) is 5.91 Å². The zero-order valence-electron chi connectivity index (χ0n) is 13.0. The molecule has 7 nitrogen and oxygen atoms in total. The van der Waals surface area contributed by atoms with Crippen molar-refractivity contribution >= 4 is 15.7 Å². The molecule has 0 aliphatic carbocycles. The van der Waals surface area contributed by atoms with Crippen LogP contribution in [0.4, 0.5) is 0 Å². The van der Waals surface area contributed by atoms with Crippen LogP contribution in [0.1, 0.15) is 28.2 Å². The molecule has 1 saturated heterocycles. The molecule has 0 bridgehead atoms. The summed E-state index contributed by atoms with van der Waals surface area (Å²) in [7, 11) is -3.03. The number of carbonyl (C=O) groups excluding carboxylic acids is 1. The van der Waals surface area contributed by atoms with Crippen LogP contribution in [0.25, 0.3) is 5.69 Å². The lowest BCUT2D eigenvalue weighted by Gasteiger charge is -2.09. The third-order valence-corrected chi connectivity index (χ3v) is 5.72. The molecular formula is C15H18N4O3S. The maximum atomic E-state index is 12.3. The minimum absolute atomic E-state index is 0.0100. The SMILES string of the molecule is Cc1ccc(-n2nnc(C(=O)N[C@H]3CCS(=O)(=O)C3)c2C)cc1. The molecular weight excluding hydrogens is 316 g/mol. The number of hydrogen-bond acceptors (Lipinski definition) is 5. The van der Waals surface area contributed by atoms with E-state index in [1.165, 1.54) is 0 Å². The number of amides is 1. The monoisotopic (exact) mass is 334 g/mol. The average Bonchev–Trinajstić information content (AvgIpc) is 3.02. The summed E-state index contributed by atoms with van der Waals surface area (Å²) >= 11 is 0. The number of aromatic nitrogens is 3. The van der Waals surface area contributed by atoms with Gasteiger partial charge in [0.05, 0.1) is 22.9 Å². The first-order valence-electron chi connectivity index (χ1n) is 7.36. The number of aryl methyl sites for hydroxylation is 1. The molecule has 1 fully saturated rings. The molecule has 1 aromatic carbocycles. The van der Waals surface area contributed by atoms with Crippen LogP contribution in [0.5, 0.6) is 0 Å².